The number of amides is 1. The number of rotatable bonds is 7. The van der Waals surface area contributed by atoms with Crippen LogP contribution in [0, 0.1) is 6.92 Å². The molecule has 27 heavy (non-hydrogen) atoms. The Kier molecular flexibility index (Phi) is 5.50. The maximum atomic E-state index is 11.9. The normalized spacial score (nSPS) is 10.6. The molecular formula is C22H24N2O3. The van der Waals surface area contributed by atoms with E-state index >= 15 is 0 Å². The Balaban J connectivity index is 2.01. The quantitative estimate of drug-likeness (QED) is 0.693. The van der Waals surface area contributed by atoms with Gasteiger partial charge in [-0.15, -0.1) is 0 Å². The van der Waals surface area contributed by atoms with Crippen LogP contribution in [0.25, 0.3) is 11.3 Å². The first-order valence-corrected chi connectivity index (χ1v) is 8.81. The zero-order valence-corrected chi connectivity index (χ0v) is 15.9. The van der Waals surface area contributed by atoms with Crippen molar-refractivity contribution in [3.63, 3.8) is 0 Å². The van der Waals surface area contributed by atoms with E-state index in [4.69, 9.17) is 15.2 Å². The molecule has 0 fully saturated rings. The highest BCUT2D eigenvalue weighted by Crippen LogP contribution is 2.29. The fourth-order valence-electron chi connectivity index (χ4n) is 3.35. The average Bonchev–Trinajstić information content (AvgIpc) is 3.03. The van der Waals surface area contributed by atoms with Gasteiger partial charge in [0.05, 0.1) is 19.8 Å². The van der Waals surface area contributed by atoms with Gasteiger partial charge in [-0.2, -0.15) is 0 Å². The Hall–Kier alpha value is -3.21. The van der Waals surface area contributed by atoms with E-state index in [9.17, 15) is 4.79 Å². The summed E-state index contributed by atoms with van der Waals surface area (Å²) in [6, 6.07) is 17.6. The van der Waals surface area contributed by atoms with Gasteiger partial charge >= 0.3 is 0 Å². The smallest absolute Gasteiger partial charge is 0.250 e. The summed E-state index contributed by atoms with van der Waals surface area (Å²) in [6.07, 6.45) is 0.773. The van der Waals surface area contributed by atoms with Crippen molar-refractivity contribution in [2.45, 2.75) is 19.9 Å². The van der Waals surface area contributed by atoms with E-state index in [1.807, 2.05) is 55.5 Å². The molecule has 3 aromatic rings. The number of carbonyl (C=O) groups is 1. The maximum absolute atomic E-state index is 11.9. The standard InChI is InChI=1S/C22H24N2O3/c1-15-19(22(23)25)14-20(17-8-6-9-18(13-17)26-2)24(15)12-11-16-7-4-5-10-21(16)27-3/h4-10,13-14H,11-12H2,1-3H3,(H2,23,25). The topological polar surface area (TPSA) is 66.5 Å². The number of hydrogen-bond acceptors (Lipinski definition) is 3. The van der Waals surface area contributed by atoms with Crippen LogP contribution in [0.3, 0.4) is 0 Å². The lowest BCUT2D eigenvalue weighted by Crippen LogP contribution is -2.13. The Morgan fingerprint density at radius 1 is 1.04 bits per heavy atom. The van der Waals surface area contributed by atoms with E-state index in [1.165, 1.54) is 0 Å². The van der Waals surface area contributed by atoms with Crippen molar-refractivity contribution in [3.8, 4) is 22.8 Å². The number of aromatic nitrogens is 1. The van der Waals surface area contributed by atoms with Gasteiger partial charge < -0.3 is 19.8 Å². The molecule has 0 aliphatic carbocycles. The molecule has 2 N–H and O–H groups in total. The number of carbonyl (C=O) groups excluding carboxylic acids is 1. The monoisotopic (exact) mass is 364 g/mol. The van der Waals surface area contributed by atoms with E-state index in [0.29, 0.717) is 12.1 Å². The molecule has 140 valence electrons. The Labute approximate surface area is 159 Å². The van der Waals surface area contributed by atoms with Gasteiger partial charge in [-0.3, -0.25) is 4.79 Å². The lowest BCUT2D eigenvalue weighted by Gasteiger charge is -2.14. The van der Waals surface area contributed by atoms with Gasteiger partial charge in [0.2, 0.25) is 0 Å². The molecule has 5 heteroatoms. The molecule has 0 saturated carbocycles. The SMILES string of the molecule is COc1cccc(-c2cc(C(N)=O)c(C)n2CCc2ccccc2OC)c1. The number of para-hydroxylation sites is 1. The van der Waals surface area contributed by atoms with Crippen LogP contribution in [0.5, 0.6) is 11.5 Å². The molecule has 1 amide bonds. The van der Waals surface area contributed by atoms with Crippen LogP contribution >= 0.6 is 0 Å². The second-order valence-corrected chi connectivity index (χ2v) is 6.34. The number of hydrogen-bond donors (Lipinski definition) is 1. The molecule has 0 aliphatic heterocycles. The molecule has 1 aromatic heterocycles. The molecule has 0 spiro atoms. The number of ether oxygens (including phenoxy) is 2. The third kappa shape index (κ3) is 3.82. The molecule has 3 rings (SSSR count). The molecular weight excluding hydrogens is 340 g/mol. The van der Waals surface area contributed by atoms with Gasteiger partial charge in [-0.25, -0.2) is 0 Å². The molecule has 0 aliphatic rings. The number of nitrogens with two attached hydrogens (primary N) is 1. The van der Waals surface area contributed by atoms with E-state index in [0.717, 1.165) is 40.4 Å². The minimum Gasteiger partial charge on any atom is -0.497 e. The molecule has 0 bridgehead atoms. The summed E-state index contributed by atoms with van der Waals surface area (Å²) in [5.74, 6) is 1.20. The van der Waals surface area contributed by atoms with Crippen molar-refractivity contribution >= 4 is 5.91 Å². The van der Waals surface area contributed by atoms with Crippen LogP contribution in [0.2, 0.25) is 0 Å². The minimum absolute atomic E-state index is 0.423. The van der Waals surface area contributed by atoms with Crippen LogP contribution in [-0.4, -0.2) is 24.7 Å². The third-order valence-electron chi connectivity index (χ3n) is 4.79. The summed E-state index contributed by atoms with van der Waals surface area (Å²) < 4.78 is 12.9. The second-order valence-electron chi connectivity index (χ2n) is 6.34. The van der Waals surface area contributed by atoms with Gasteiger partial charge in [0.1, 0.15) is 11.5 Å². The average molecular weight is 364 g/mol. The highest BCUT2D eigenvalue weighted by atomic mass is 16.5. The highest BCUT2D eigenvalue weighted by Gasteiger charge is 2.17. The molecule has 0 radical (unpaired) electrons. The van der Waals surface area contributed by atoms with Crippen LogP contribution in [0.4, 0.5) is 0 Å². The van der Waals surface area contributed by atoms with E-state index in [-0.39, 0.29) is 0 Å². The van der Waals surface area contributed by atoms with Crippen molar-refractivity contribution in [2.75, 3.05) is 14.2 Å². The summed E-state index contributed by atoms with van der Waals surface area (Å²) in [4.78, 5) is 11.9. The van der Waals surface area contributed by atoms with Gasteiger partial charge in [0.15, 0.2) is 0 Å². The largest absolute Gasteiger partial charge is 0.497 e. The number of methoxy groups -OCH3 is 2. The van der Waals surface area contributed by atoms with E-state index in [2.05, 4.69) is 10.6 Å². The van der Waals surface area contributed by atoms with E-state index < -0.39 is 5.91 Å². The van der Waals surface area contributed by atoms with Crippen molar-refractivity contribution in [3.05, 3.63) is 71.4 Å². The molecule has 1 heterocycles. The van der Waals surface area contributed by atoms with Crippen LogP contribution in [-0.2, 0) is 13.0 Å². The van der Waals surface area contributed by atoms with Crippen molar-refractivity contribution in [2.24, 2.45) is 5.73 Å². The minimum atomic E-state index is -0.423. The number of nitrogens with zero attached hydrogens (tertiary/aromatic N) is 1. The first-order chi connectivity index (χ1) is 13.0. The Bertz CT molecular complexity index is 960. The van der Waals surface area contributed by atoms with Crippen molar-refractivity contribution in [1.82, 2.24) is 4.57 Å². The summed E-state index contributed by atoms with van der Waals surface area (Å²) in [5.41, 5.74) is 10.0. The summed E-state index contributed by atoms with van der Waals surface area (Å²) in [7, 11) is 3.31. The fraction of sp³-hybridized carbons (Fsp3) is 0.227. The molecule has 0 unspecified atom stereocenters. The van der Waals surface area contributed by atoms with E-state index in [1.54, 1.807) is 14.2 Å². The first kappa shape index (κ1) is 18.6. The summed E-state index contributed by atoms with van der Waals surface area (Å²) >= 11 is 0. The molecule has 5 nitrogen and oxygen atoms in total. The van der Waals surface area contributed by atoms with Crippen molar-refractivity contribution < 1.29 is 14.3 Å². The number of aryl methyl sites for hydroxylation is 1. The first-order valence-electron chi connectivity index (χ1n) is 8.81. The Morgan fingerprint density at radius 3 is 2.52 bits per heavy atom. The van der Waals surface area contributed by atoms with Crippen molar-refractivity contribution in [1.29, 1.82) is 0 Å². The van der Waals surface area contributed by atoms with Crippen LogP contribution < -0.4 is 15.2 Å². The van der Waals surface area contributed by atoms with Gasteiger partial charge in [-0.1, -0.05) is 30.3 Å². The highest BCUT2D eigenvalue weighted by molar-refractivity contribution is 5.95. The zero-order valence-electron chi connectivity index (χ0n) is 15.9. The second kappa shape index (κ2) is 7.99. The predicted octanol–water partition coefficient (Wildman–Crippen LogP) is 3.82. The van der Waals surface area contributed by atoms with Gasteiger partial charge in [0.25, 0.3) is 5.91 Å². The van der Waals surface area contributed by atoms with Crippen LogP contribution in [0.1, 0.15) is 21.6 Å². The third-order valence-corrected chi connectivity index (χ3v) is 4.79. The molecule has 0 saturated heterocycles. The lowest BCUT2D eigenvalue weighted by atomic mass is 10.1. The molecule has 2 aromatic carbocycles. The van der Waals surface area contributed by atoms with Gasteiger partial charge in [0, 0.05) is 23.5 Å². The Morgan fingerprint density at radius 2 is 1.81 bits per heavy atom. The number of benzene rings is 2. The van der Waals surface area contributed by atoms with Crippen LogP contribution in [0.15, 0.2) is 54.6 Å². The fourth-order valence-corrected chi connectivity index (χ4v) is 3.35. The maximum Gasteiger partial charge on any atom is 0.250 e. The zero-order chi connectivity index (χ0) is 19.4. The summed E-state index contributed by atoms with van der Waals surface area (Å²) in [5, 5.41) is 0. The molecule has 0 atom stereocenters. The van der Waals surface area contributed by atoms with Gasteiger partial charge in [-0.05, 0) is 43.2 Å². The number of primary amides is 1. The summed E-state index contributed by atoms with van der Waals surface area (Å²) in [6.45, 7) is 2.62. The lowest BCUT2D eigenvalue weighted by molar-refractivity contribution is 0.0999. The predicted molar refractivity (Wildman–Crippen MR) is 106 cm³/mol.